The molecule has 6 nitrogen and oxygen atoms in total. The molecule has 29 heavy (non-hydrogen) atoms. The predicted octanol–water partition coefficient (Wildman–Crippen LogP) is 5.11. The molecule has 3 rings (SSSR count). The Morgan fingerprint density at radius 3 is 2.62 bits per heavy atom. The highest BCUT2D eigenvalue weighted by atomic mass is 35.5. The zero-order valence-corrected chi connectivity index (χ0v) is 17.6. The van der Waals surface area contributed by atoms with Gasteiger partial charge in [0.05, 0.1) is 10.7 Å². The Hall–Kier alpha value is -2.77. The second-order valence-electron chi connectivity index (χ2n) is 6.27. The summed E-state index contributed by atoms with van der Waals surface area (Å²) in [6.07, 6.45) is 1.87. The second-order valence-corrected chi connectivity index (χ2v) is 7.52. The van der Waals surface area contributed by atoms with E-state index in [9.17, 15) is 14.4 Å². The fourth-order valence-corrected chi connectivity index (χ4v) is 3.60. The number of benzene rings is 2. The number of esters is 1. The zero-order chi connectivity index (χ0) is 21.1. The van der Waals surface area contributed by atoms with Crippen LogP contribution in [-0.2, 0) is 9.53 Å². The zero-order valence-electron chi connectivity index (χ0n) is 16.0. The van der Waals surface area contributed by atoms with Gasteiger partial charge in [0.15, 0.2) is 18.0 Å². The molecule has 0 fully saturated rings. The van der Waals surface area contributed by atoms with Crippen LogP contribution >= 0.6 is 23.4 Å². The molecule has 0 saturated heterocycles. The van der Waals surface area contributed by atoms with Crippen LogP contribution in [0.5, 0.6) is 0 Å². The third kappa shape index (κ3) is 4.46. The third-order valence-corrected chi connectivity index (χ3v) is 5.36. The van der Waals surface area contributed by atoms with E-state index in [0.717, 1.165) is 4.90 Å². The first kappa shape index (κ1) is 21.0. The van der Waals surface area contributed by atoms with Crippen molar-refractivity contribution in [3.8, 4) is 0 Å². The summed E-state index contributed by atoms with van der Waals surface area (Å²) < 4.78 is 10.7. The average Bonchev–Trinajstić information content (AvgIpc) is 3.03. The number of hydrogen-bond acceptors (Lipinski definition) is 6. The summed E-state index contributed by atoms with van der Waals surface area (Å²) in [6.45, 7) is 2.66. The van der Waals surface area contributed by atoms with Crippen molar-refractivity contribution in [1.29, 1.82) is 0 Å². The maximum atomic E-state index is 12.5. The fraction of sp³-hybridized carbons (Fsp3) is 0.190. The number of anilines is 1. The predicted molar refractivity (Wildman–Crippen MR) is 113 cm³/mol. The number of amides is 1. The van der Waals surface area contributed by atoms with Gasteiger partial charge in [-0.15, -0.1) is 11.8 Å². The van der Waals surface area contributed by atoms with E-state index in [1.54, 1.807) is 43.3 Å². The standard InChI is InChI=1S/C21H18ClNO5S/c1-11-14-5-4-6-15(22)20(14)28-19(11)21(26)27-10-17(25)13-7-8-18(29-3)16(9-13)23-12(2)24/h4-9H,10H2,1-3H3,(H,23,24). The number of carbonyl (C=O) groups excluding carboxylic acids is 3. The van der Waals surface area contributed by atoms with Crippen LogP contribution in [0.25, 0.3) is 11.0 Å². The Kier molecular flexibility index (Phi) is 6.30. The first-order valence-electron chi connectivity index (χ1n) is 8.65. The molecule has 0 atom stereocenters. The lowest BCUT2D eigenvalue weighted by Gasteiger charge is -2.10. The molecule has 0 unspecified atom stereocenters. The summed E-state index contributed by atoms with van der Waals surface area (Å²) in [5, 5.41) is 3.79. The average molecular weight is 432 g/mol. The van der Waals surface area contributed by atoms with Crippen molar-refractivity contribution in [3.63, 3.8) is 0 Å². The van der Waals surface area contributed by atoms with E-state index >= 15 is 0 Å². The number of ketones is 1. The SMILES string of the molecule is CSc1ccc(C(=O)COC(=O)c2oc3c(Cl)cccc3c2C)cc1NC(C)=O. The maximum Gasteiger partial charge on any atom is 0.375 e. The number of rotatable bonds is 6. The topological polar surface area (TPSA) is 85.6 Å². The van der Waals surface area contributed by atoms with Crippen molar-refractivity contribution in [2.24, 2.45) is 0 Å². The van der Waals surface area contributed by atoms with E-state index < -0.39 is 18.4 Å². The van der Waals surface area contributed by atoms with Gasteiger partial charge in [-0.3, -0.25) is 9.59 Å². The summed E-state index contributed by atoms with van der Waals surface area (Å²) >= 11 is 7.54. The van der Waals surface area contributed by atoms with Gasteiger partial charge in [0.25, 0.3) is 0 Å². The van der Waals surface area contributed by atoms with Gasteiger partial charge in [0.2, 0.25) is 11.7 Å². The number of furan rings is 1. The van der Waals surface area contributed by atoms with E-state index in [4.69, 9.17) is 20.8 Å². The lowest BCUT2D eigenvalue weighted by atomic mass is 10.1. The number of para-hydroxylation sites is 1. The lowest BCUT2D eigenvalue weighted by molar-refractivity contribution is -0.114. The second kappa shape index (κ2) is 8.71. The van der Waals surface area contributed by atoms with Crippen LogP contribution in [0.15, 0.2) is 45.7 Å². The van der Waals surface area contributed by atoms with Gasteiger partial charge in [-0.05, 0) is 31.4 Å². The molecule has 3 aromatic rings. The molecule has 0 bridgehead atoms. The highest BCUT2D eigenvalue weighted by Gasteiger charge is 2.21. The van der Waals surface area contributed by atoms with Gasteiger partial charge < -0.3 is 14.5 Å². The minimum atomic E-state index is -0.745. The van der Waals surface area contributed by atoms with E-state index in [1.165, 1.54) is 18.7 Å². The van der Waals surface area contributed by atoms with Crippen molar-refractivity contribution in [2.75, 3.05) is 18.2 Å². The molecular weight excluding hydrogens is 414 g/mol. The van der Waals surface area contributed by atoms with E-state index in [-0.39, 0.29) is 11.7 Å². The minimum Gasteiger partial charge on any atom is -0.451 e. The van der Waals surface area contributed by atoms with Crippen LogP contribution in [0, 0.1) is 6.92 Å². The van der Waals surface area contributed by atoms with Crippen LogP contribution in [0.3, 0.4) is 0 Å². The molecule has 150 valence electrons. The Bertz CT molecular complexity index is 1120. The summed E-state index contributed by atoms with van der Waals surface area (Å²) in [5.41, 5.74) is 1.85. The summed E-state index contributed by atoms with van der Waals surface area (Å²) in [5.74, 6) is -1.37. The van der Waals surface area contributed by atoms with Crippen LogP contribution in [0.4, 0.5) is 5.69 Å². The molecule has 0 aliphatic rings. The fourth-order valence-electron chi connectivity index (χ4n) is 2.85. The summed E-state index contributed by atoms with van der Waals surface area (Å²) in [7, 11) is 0. The largest absolute Gasteiger partial charge is 0.451 e. The monoisotopic (exact) mass is 431 g/mol. The van der Waals surface area contributed by atoms with Crippen LogP contribution in [-0.4, -0.2) is 30.5 Å². The molecule has 1 N–H and O–H groups in total. The van der Waals surface area contributed by atoms with E-state index in [2.05, 4.69) is 5.32 Å². The first-order valence-corrected chi connectivity index (χ1v) is 10.3. The van der Waals surface area contributed by atoms with Crippen molar-refractivity contribution >= 4 is 57.7 Å². The molecule has 2 aromatic carbocycles. The lowest BCUT2D eigenvalue weighted by Crippen LogP contribution is -2.15. The molecule has 1 amide bonds. The van der Waals surface area contributed by atoms with Gasteiger partial charge >= 0.3 is 5.97 Å². The molecule has 8 heteroatoms. The molecule has 1 aromatic heterocycles. The van der Waals surface area contributed by atoms with Gasteiger partial charge in [0.1, 0.15) is 0 Å². The smallest absolute Gasteiger partial charge is 0.375 e. The number of fused-ring (bicyclic) bond motifs is 1. The number of aryl methyl sites for hydroxylation is 1. The van der Waals surface area contributed by atoms with Gasteiger partial charge in [-0.2, -0.15) is 0 Å². The Balaban J connectivity index is 1.75. The Morgan fingerprint density at radius 1 is 1.21 bits per heavy atom. The number of halogens is 1. The van der Waals surface area contributed by atoms with E-state index in [0.29, 0.717) is 32.8 Å². The number of Topliss-reactive ketones (excluding diaryl/α,β-unsaturated/α-hetero) is 1. The van der Waals surface area contributed by atoms with E-state index in [1.807, 2.05) is 6.26 Å². The van der Waals surface area contributed by atoms with Crippen molar-refractivity contribution in [1.82, 2.24) is 0 Å². The number of thioether (sulfide) groups is 1. The third-order valence-electron chi connectivity index (χ3n) is 4.27. The van der Waals surface area contributed by atoms with Gasteiger partial charge in [0, 0.05) is 28.3 Å². The van der Waals surface area contributed by atoms with Crippen LogP contribution in [0.2, 0.25) is 5.02 Å². The van der Waals surface area contributed by atoms with Crippen LogP contribution < -0.4 is 5.32 Å². The molecule has 0 spiro atoms. The summed E-state index contributed by atoms with van der Waals surface area (Å²) in [6, 6.07) is 10.1. The Labute approximate surface area is 176 Å². The molecule has 0 radical (unpaired) electrons. The molecule has 0 saturated carbocycles. The normalized spacial score (nSPS) is 10.8. The number of ether oxygens (including phenoxy) is 1. The molecule has 1 heterocycles. The molecule has 0 aliphatic heterocycles. The maximum absolute atomic E-state index is 12.5. The quantitative estimate of drug-likeness (QED) is 0.331. The van der Waals surface area contributed by atoms with Crippen molar-refractivity contribution in [3.05, 3.63) is 58.3 Å². The van der Waals surface area contributed by atoms with Crippen molar-refractivity contribution in [2.45, 2.75) is 18.7 Å². The number of carbonyl (C=O) groups is 3. The Morgan fingerprint density at radius 2 is 1.97 bits per heavy atom. The number of nitrogens with one attached hydrogen (secondary N) is 1. The minimum absolute atomic E-state index is 0.0116. The highest BCUT2D eigenvalue weighted by molar-refractivity contribution is 7.98. The van der Waals surface area contributed by atoms with Crippen LogP contribution in [0.1, 0.15) is 33.4 Å². The molecular formula is C21H18ClNO5S. The summed E-state index contributed by atoms with van der Waals surface area (Å²) in [4.78, 5) is 37.1. The molecule has 0 aliphatic carbocycles. The van der Waals surface area contributed by atoms with Crippen molar-refractivity contribution < 1.29 is 23.5 Å². The highest BCUT2D eigenvalue weighted by Crippen LogP contribution is 2.31. The first-order chi connectivity index (χ1) is 13.8. The van der Waals surface area contributed by atoms with Gasteiger partial charge in [-0.25, -0.2) is 4.79 Å². The number of hydrogen-bond donors (Lipinski definition) is 1. The van der Waals surface area contributed by atoms with Gasteiger partial charge in [-0.1, -0.05) is 29.8 Å².